The van der Waals surface area contributed by atoms with Gasteiger partial charge in [0, 0.05) is 31.1 Å². The minimum Gasteiger partial charge on any atom is -0.463 e. The highest BCUT2D eigenvalue weighted by molar-refractivity contribution is 7.90. The Bertz CT molecular complexity index is 1940. The summed E-state index contributed by atoms with van der Waals surface area (Å²) in [6.07, 6.45) is -2.17. The summed E-state index contributed by atoms with van der Waals surface area (Å²) in [5.74, 6) is -0.760. The summed E-state index contributed by atoms with van der Waals surface area (Å²) >= 11 is 0.606. The predicted molar refractivity (Wildman–Crippen MR) is 157 cm³/mol. The van der Waals surface area contributed by atoms with Gasteiger partial charge in [-0.3, -0.25) is 9.53 Å². The third-order valence-electron chi connectivity index (χ3n) is 7.43. The highest BCUT2D eigenvalue weighted by atomic mass is 32.2. The van der Waals surface area contributed by atoms with Gasteiger partial charge in [0.15, 0.2) is 10.0 Å². The zero-order valence-corrected chi connectivity index (χ0v) is 26.6. The van der Waals surface area contributed by atoms with Gasteiger partial charge in [0.2, 0.25) is 20.0 Å². The van der Waals surface area contributed by atoms with Gasteiger partial charge >= 0.3 is 5.97 Å². The standard InChI is InChI=1S/C26H29F2N7O6S3/c1-6-41-25(36)19-13-35(44(39,40)14(2)3)10-7-16(19)17-11-15(43(37,38)33-26(29-4)8-9-26)12-18-20(32-34(5)21(17)18)23-30-31-24(42-23)22(27)28/h11-12,14,22,33H,6-10,13H2,1-3,5H3. The Labute approximate surface area is 256 Å². The lowest BCUT2D eigenvalue weighted by Gasteiger charge is -2.31. The first kappa shape index (κ1) is 32.0. The maximum absolute atomic E-state index is 13.6. The van der Waals surface area contributed by atoms with Crippen molar-refractivity contribution in [1.29, 1.82) is 0 Å². The van der Waals surface area contributed by atoms with Gasteiger partial charge in [-0.2, -0.15) is 9.40 Å². The number of aromatic nitrogens is 4. The number of rotatable bonds is 10. The van der Waals surface area contributed by atoms with Crippen LogP contribution in [-0.2, 0) is 36.6 Å². The minimum absolute atomic E-state index is 0.00909. The van der Waals surface area contributed by atoms with Crippen molar-refractivity contribution in [3.8, 4) is 10.7 Å². The minimum atomic E-state index is -4.31. The molecule has 0 amide bonds. The van der Waals surface area contributed by atoms with Crippen LogP contribution in [-0.4, -0.2) is 77.7 Å². The number of nitrogens with one attached hydrogen (secondary N) is 1. The second-order valence-corrected chi connectivity index (χ2v) is 15.9. The molecule has 236 valence electrons. The van der Waals surface area contributed by atoms with E-state index in [1.165, 1.54) is 35.0 Å². The number of carbonyl (C=O) groups is 1. The Morgan fingerprint density at radius 2 is 1.93 bits per heavy atom. The molecule has 1 saturated carbocycles. The van der Waals surface area contributed by atoms with Crippen LogP contribution in [0.2, 0.25) is 0 Å². The maximum atomic E-state index is 13.6. The zero-order chi connectivity index (χ0) is 32.2. The number of hydrogen-bond acceptors (Lipinski definition) is 10. The monoisotopic (exact) mass is 669 g/mol. The molecule has 0 saturated heterocycles. The van der Waals surface area contributed by atoms with Crippen LogP contribution >= 0.6 is 11.3 Å². The second kappa shape index (κ2) is 11.5. The third-order valence-corrected chi connectivity index (χ3v) is 12.1. The van der Waals surface area contributed by atoms with Crippen molar-refractivity contribution >= 4 is 53.8 Å². The molecule has 1 N–H and O–H groups in total. The number of halogens is 2. The molecule has 0 spiro atoms. The summed E-state index contributed by atoms with van der Waals surface area (Å²) in [5.41, 5.74) is -0.161. The predicted octanol–water partition coefficient (Wildman–Crippen LogP) is 3.48. The van der Waals surface area contributed by atoms with E-state index in [-0.39, 0.29) is 58.2 Å². The summed E-state index contributed by atoms with van der Waals surface area (Å²) in [7, 11) is -6.50. The third kappa shape index (κ3) is 5.74. The zero-order valence-electron chi connectivity index (χ0n) is 24.2. The highest BCUT2D eigenvalue weighted by Crippen LogP contribution is 2.42. The average molecular weight is 670 g/mol. The van der Waals surface area contributed by atoms with Crippen LogP contribution in [0.5, 0.6) is 0 Å². The molecule has 0 atom stereocenters. The second-order valence-electron chi connectivity index (χ2n) is 10.7. The Morgan fingerprint density at radius 3 is 2.50 bits per heavy atom. The first-order valence-electron chi connectivity index (χ1n) is 13.6. The van der Waals surface area contributed by atoms with Gasteiger partial charge in [-0.05, 0) is 44.9 Å². The van der Waals surface area contributed by atoms with Gasteiger partial charge in [-0.1, -0.05) is 11.3 Å². The summed E-state index contributed by atoms with van der Waals surface area (Å²) < 4.78 is 90.5. The van der Waals surface area contributed by atoms with Crippen molar-refractivity contribution in [1.82, 2.24) is 29.0 Å². The molecule has 18 heteroatoms. The molecule has 2 aromatic heterocycles. The largest absolute Gasteiger partial charge is 0.463 e. The Kier molecular flexibility index (Phi) is 8.39. The van der Waals surface area contributed by atoms with E-state index in [9.17, 15) is 30.4 Å². The summed E-state index contributed by atoms with van der Waals surface area (Å²) in [5, 5.41) is 10.8. The lowest BCUT2D eigenvalue weighted by atomic mass is 9.92. The number of hydrogen-bond donors (Lipinski definition) is 1. The van der Waals surface area contributed by atoms with Crippen molar-refractivity contribution in [2.75, 3.05) is 19.7 Å². The molecule has 0 unspecified atom stereocenters. The molecule has 44 heavy (non-hydrogen) atoms. The molecule has 3 aromatic rings. The van der Waals surface area contributed by atoms with Gasteiger partial charge < -0.3 is 4.74 Å². The number of esters is 1. The SMILES string of the molecule is [C-]#[N+]C1(NS(=O)(=O)c2cc(C3=C(C(=O)OCC)CN(S(=O)(=O)C(C)C)CC3)c3c(c2)c(-c2nnc(C(F)F)s2)nn3C)CC1. The smallest absolute Gasteiger partial charge is 0.335 e. The number of ether oxygens (including phenoxy) is 1. The van der Waals surface area contributed by atoms with Crippen LogP contribution in [0.25, 0.3) is 32.0 Å². The maximum Gasteiger partial charge on any atom is 0.335 e. The molecule has 3 heterocycles. The Hall–Kier alpha value is -3.37. The number of fused-ring (bicyclic) bond motifs is 1. The fourth-order valence-electron chi connectivity index (χ4n) is 4.97. The molecule has 5 rings (SSSR count). The van der Waals surface area contributed by atoms with E-state index < -0.39 is 48.4 Å². The number of benzene rings is 1. The van der Waals surface area contributed by atoms with Crippen molar-refractivity contribution in [2.45, 2.75) is 62.3 Å². The van der Waals surface area contributed by atoms with Crippen molar-refractivity contribution in [3.63, 3.8) is 0 Å². The van der Waals surface area contributed by atoms with Crippen molar-refractivity contribution in [3.05, 3.63) is 39.7 Å². The lowest BCUT2D eigenvalue weighted by Crippen LogP contribution is -2.42. The van der Waals surface area contributed by atoms with Crippen molar-refractivity contribution < 1.29 is 35.1 Å². The van der Waals surface area contributed by atoms with Crippen LogP contribution < -0.4 is 4.72 Å². The fraction of sp³-hybridized carbons (Fsp3) is 0.500. The molecule has 2 aliphatic rings. The molecular formula is C26H29F2N7O6S3. The molecule has 1 aliphatic heterocycles. The molecule has 1 aliphatic carbocycles. The van der Waals surface area contributed by atoms with E-state index in [1.807, 2.05) is 0 Å². The first-order valence-corrected chi connectivity index (χ1v) is 17.4. The van der Waals surface area contributed by atoms with Crippen LogP contribution in [0.1, 0.15) is 57.0 Å². The molecule has 0 bridgehead atoms. The quantitative estimate of drug-likeness (QED) is 0.252. The molecule has 1 fully saturated rings. The van der Waals surface area contributed by atoms with Gasteiger partial charge in [-0.25, -0.2) is 37.0 Å². The van der Waals surface area contributed by atoms with Gasteiger partial charge in [-0.15, -0.1) is 14.9 Å². The molecule has 13 nitrogen and oxygen atoms in total. The average Bonchev–Trinajstić information content (AvgIpc) is 3.40. The van der Waals surface area contributed by atoms with E-state index >= 15 is 0 Å². The van der Waals surface area contributed by atoms with Crippen LogP contribution in [0, 0.1) is 6.57 Å². The van der Waals surface area contributed by atoms with Crippen LogP contribution in [0.15, 0.2) is 22.6 Å². The normalized spacial score (nSPS) is 17.4. The van der Waals surface area contributed by atoms with E-state index in [0.29, 0.717) is 35.3 Å². The topological polar surface area (TPSA) is 158 Å². The number of carbonyl (C=O) groups excluding carboxylic acids is 1. The lowest BCUT2D eigenvalue weighted by molar-refractivity contribution is -0.138. The highest BCUT2D eigenvalue weighted by Gasteiger charge is 2.54. The Morgan fingerprint density at radius 1 is 1.23 bits per heavy atom. The number of sulfonamides is 2. The molecule has 0 radical (unpaired) electrons. The number of nitrogens with zero attached hydrogens (tertiary/aromatic N) is 6. The Balaban J connectivity index is 1.78. The number of aryl methyl sites for hydroxylation is 1. The van der Waals surface area contributed by atoms with Gasteiger partial charge in [0.1, 0.15) is 5.69 Å². The van der Waals surface area contributed by atoms with E-state index in [2.05, 4.69) is 24.9 Å². The summed E-state index contributed by atoms with van der Waals surface area (Å²) in [6, 6.07) is 2.66. The van der Waals surface area contributed by atoms with Crippen LogP contribution in [0.3, 0.4) is 0 Å². The van der Waals surface area contributed by atoms with E-state index in [1.54, 1.807) is 14.0 Å². The molecular weight excluding hydrogens is 641 g/mol. The van der Waals surface area contributed by atoms with Gasteiger partial charge in [0.05, 0.1) is 40.7 Å². The van der Waals surface area contributed by atoms with E-state index in [0.717, 1.165) is 0 Å². The molecule has 1 aromatic carbocycles. The van der Waals surface area contributed by atoms with Crippen LogP contribution in [0.4, 0.5) is 8.78 Å². The first-order chi connectivity index (χ1) is 20.6. The number of alkyl halides is 2. The summed E-state index contributed by atoms with van der Waals surface area (Å²) in [4.78, 5) is 16.5. The van der Waals surface area contributed by atoms with E-state index in [4.69, 9.17) is 11.3 Å². The van der Waals surface area contributed by atoms with Crippen molar-refractivity contribution in [2.24, 2.45) is 7.05 Å². The fourth-order valence-corrected chi connectivity index (χ4v) is 8.34. The van der Waals surface area contributed by atoms with Gasteiger partial charge in [0.25, 0.3) is 12.1 Å². The summed E-state index contributed by atoms with van der Waals surface area (Å²) in [6.45, 7) is 11.8.